The molecule has 16 heavy (non-hydrogen) atoms. The van der Waals surface area contributed by atoms with Crippen LogP contribution in [0.1, 0.15) is 40.0 Å². The van der Waals surface area contributed by atoms with E-state index in [0.717, 1.165) is 26.0 Å². The Bertz CT molecular complexity index is 187. The standard InChI is InChI=1S/C12H25NO3/c1-12(2,3)16-11(14)7-9-13-8-5-6-10-15-4/h13H,5-10H2,1-4H3. The Labute approximate surface area is 98.7 Å². The summed E-state index contributed by atoms with van der Waals surface area (Å²) in [6.45, 7) is 8.04. The third kappa shape index (κ3) is 11.5. The van der Waals surface area contributed by atoms with E-state index in [1.54, 1.807) is 7.11 Å². The highest BCUT2D eigenvalue weighted by Gasteiger charge is 2.15. The number of ether oxygens (including phenoxy) is 2. The maximum atomic E-state index is 11.3. The Balaban J connectivity index is 3.28. The first-order chi connectivity index (χ1) is 7.45. The van der Waals surface area contributed by atoms with E-state index in [1.165, 1.54) is 0 Å². The van der Waals surface area contributed by atoms with Gasteiger partial charge >= 0.3 is 5.97 Å². The van der Waals surface area contributed by atoms with Crippen molar-refractivity contribution in [3.05, 3.63) is 0 Å². The average Bonchev–Trinajstić information content (AvgIpc) is 2.13. The minimum Gasteiger partial charge on any atom is -0.460 e. The maximum Gasteiger partial charge on any atom is 0.307 e. The zero-order valence-corrected chi connectivity index (χ0v) is 11.0. The van der Waals surface area contributed by atoms with Gasteiger partial charge in [0.1, 0.15) is 5.60 Å². The monoisotopic (exact) mass is 231 g/mol. The second-order valence-electron chi connectivity index (χ2n) is 4.79. The molecule has 0 spiro atoms. The molecule has 0 aromatic heterocycles. The zero-order valence-electron chi connectivity index (χ0n) is 11.0. The van der Waals surface area contributed by atoms with Crippen molar-refractivity contribution in [2.75, 3.05) is 26.8 Å². The van der Waals surface area contributed by atoms with E-state index in [1.807, 2.05) is 20.8 Å². The lowest BCUT2D eigenvalue weighted by Crippen LogP contribution is -2.27. The molecule has 4 nitrogen and oxygen atoms in total. The molecule has 96 valence electrons. The van der Waals surface area contributed by atoms with E-state index < -0.39 is 0 Å². The van der Waals surface area contributed by atoms with Gasteiger partial charge in [-0.05, 0) is 40.2 Å². The number of carbonyl (C=O) groups is 1. The first-order valence-electron chi connectivity index (χ1n) is 5.87. The van der Waals surface area contributed by atoms with Crippen molar-refractivity contribution >= 4 is 5.97 Å². The second-order valence-corrected chi connectivity index (χ2v) is 4.79. The number of methoxy groups -OCH3 is 1. The minimum atomic E-state index is -0.379. The van der Waals surface area contributed by atoms with Crippen LogP contribution in [-0.2, 0) is 14.3 Å². The van der Waals surface area contributed by atoms with Crippen molar-refractivity contribution in [3.63, 3.8) is 0 Å². The lowest BCUT2D eigenvalue weighted by molar-refractivity contribution is -0.154. The number of hydrogen-bond acceptors (Lipinski definition) is 4. The van der Waals surface area contributed by atoms with E-state index in [-0.39, 0.29) is 11.6 Å². The van der Waals surface area contributed by atoms with Gasteiger partial charge in [0.25, 0.3) is 0 Å². The molecule has 0 heterocycles. The van der Waals surface area contributed by atoms with Gasteiger partial charge in [0.05, 0.1) is 6.42 Å². The van der Waals surface area contributed by atoms with E-state index >= 15 is 0 Å². The number of carbonyl (C=O) groups excluding carboxylic acids is 1. The fraction of sp³-hybridized carbons (Fsp3) is 0.917. The first kappa shape index (κ1) is 15.4. The van der Waals surface area contributed by atoms with Crippen LogP contribution in [0.5, 0.6) is 0 Å². The van der Waals surface area contributed by atoms with Gasteiger partial charge in [0, 0.05) is 20.3 Å². The highest BCUT2D eigenvalue weighted by Crippen LogP contribution is 2.07. The minimum absolute atomic E-state index is 0.142. The van der Waals surface area contributed by atoms with Crippen LogP contribution in [0.4, 0.5) is 0 Å². The number of hydrogen-bond donors (Lipinski definition) is 1. The van der Waals surface area contributed by atoms with Crippen LogP contribution in [0.15, 0.2) is 0 Å². The molecule has 0 saturated carbocycles. The Morgan fingerprint density at radius 3 is 2.44 bits per heavy atom. The van der Waals surface area contributed by atoms with Crippen molar-refractivity contribution in [1.82, 2.24) is 5.32 Å². The summed E-state index contributed by atoms with van der Waals surface area (Å²) in [6, 6.07) is 0. The zero-order chi connectivity index (χ0) is 12.4. The molecule has 0 aliphatic heterocycles. The molecule has 0 saturated heterocycles. The van der Waals surface area contributed by atoms with Gasteiger partial charge < -0.3 is 14.8 Å². The van der Waals surface area contributed by atoms with E-state index in [0.29, 0.717) is 13.0 Å². The molecular weight excluding hydrogens is 206 g/mol. The SMILES string of the molecule is COCCCCNCCC(=O)OC(C)(C)C. The Morgan fingerprint density at radius 1 is 1.19 bits per heavy atom. The predicted octanol–water partition coefficient (Wildman–Crippen LogP) is 1.73. The van der Waals surface area contributed by atoms with Gasteiger partial charge in [-0.15, -0.1) is 0 Å². The quantitative estimate of drug-likeness (QED) is 0.510. The van der Waals surface area contributed by atoms with Crippen molar-refractivity contribution < 1.29 is 14.3 Å². The van der Waals surface area contributed by atoms with Crippen LogP contribution < -0.4 is 5.32 Å². The van der Waals surface area contributed by atoms with Crippen LogP contribution in [0, 0.1) is 0 Å². The lowest BCUT2D eigenvalue weighted by Gasteiger charge is -2.19. The van der Waals surface area contributed by atoms with E-state index in [2.05, 4.69) is 5.32 Å². The molecule has 0 fully saturated rings. The molecule has 0 aliphatic rings. The molecule has 0 aromatic rings. The van der Waals surface area contributed by atoms with Crippen LogP contribution in [-0.4, -0.2) is 38.4 Å². The predicted molar refractivity (Wildman–Crippen MR) is 64.4 cm³/mol. The van der Waals surface area contributed by atoms with Gasteiger partial charge in [0.2, 0.25) is 0 Å². The number of rotatable bonds is 8. The number of esters is 1. The molecule has 0 radical (unpaired) electrons. The molecule has 0 atom stereocenters. The summed E-state index contributed by atoms with van der Waals surface area (Å²) < 4.78 is 10.1. The van der Waals surface area contributed by atoms with E-state index in [9.17, 15) is 4.79 Å². The summed E-state index contributed by atoms with van der Waals surface area (Å²) in [6.07, 6.45) is 2.56. The summed E-state index contributed by atoms with van der Waals surface area (Å²) >= 11 is 0. The van der Waals surface area contributed by atoms with Crippen LogP contribution in [0.25, 0.3) is 0 Å². The molecule has 1 N–H and O–H groups in total. The molecule has 0 aliphatic carbocycles. The largest absolute Gasteiger partial charge is 0.460 e. The molecule has 0 amide bonds. The molecular formula is C12H25NO3. The van der Waals surface area contributed by atoms with Gasteiger partial charge in [-0.1, -0.05) is 0 Å². The van der Waals surface area contributed by atoms with Gasteiger partial charge in [-0.25, -0.2) is 0 Å². The smallest absolute Gasteiger partial charge is 0.307 e. The highest BCUT2D eigenvalue weighted by molar-refractivity contribution is 5.70. The van der Waals surface area contributed by atoms with Crippen molar-refractivity contribution in [1.29, 1.82) is 0 Å². The first-order valence-corrected chi connectivity index (χ1v) is 5.87. The number of unbranched alkanes of at least 4 members (excludes halogenated alkanes) is 1. The van der Waals surface area contributed by atoms with E-state index in [4.69, 9.17) is 9.47 Å². The third-order valence-electron chi connectivity index (χ3n) is 1.88. The van der Waals surface area contributed by atoms with Crippen molar-refractivity contribution in [2.24, 2.45) is 0 Å². The van der Waals surface area contributed by atoms with Crippen molar-refractivity contribution in [3.8, 4) is 0 Å². The molecule has 0 unspecified atom stereocenters. The van der Waals surface area contributed by atoms with Gasteiger partial charge in [-0.2, -0.15) is 0 Å². The van der Waals surface area contributed by atoms with Gasteiger partial charge in [-0.3, -0.25) is 4.79 Å². The van der Waals surface area contributed by atoms with Crippen LogP contribution in [0.3, 0.4) is 0 Å². The van der Waals surface area contributed by atoms with Crippen LogP contribution >= 0.6 is 0 Å². The molecule has 0 aromatic carbocycles. The van der Waals surface area contributed by atoms with Crippen molar-refractivity contribution in [2.45, 2.75) is 45.6 Å². The van der Waals surface area contributed by atoms with Crippen LogP contribution in [0.2, 0.25) is 0 Å². The normalized spacial score (nSPS) is 11.5. The molecule has 0 rings (SSSR count). The number of nitrogens with one attached hydrogen (secondary N) is 1. The summed E-state index contributed by atoms with van der Waals surface area (Å²) in [4.78, 5) is 11.3. The lowest BCUT2D eigenvalue weighted by atomic mass is 10.2. The molecule has 0 bridgehead atoms. The topological polar surface area (TPSA) is 47.6 Å². The summed E-state index contributed by atoms with van der Waals surface area (Å²) in [7, 11) is 1.70. The fourth-order valence-corrected chi connectivity index (χ4v) is 1.20. The summed E-state index contributed by atoms with van der Waals surface area (Å²) in [5.74, 6) is -0.142. The average molecular weight is 231 g/mol. The van der Waals surface area contributed by atoms with Gasteiger partial charge in [0.15, 0.2) is 0 Å². The Hall–Kier alpha value is -0.610. The maximum absolute atomic E-state index is 11.3. The third-order valence-corrected chi connectivity index (χ3v) is 1.88. The molecule has 4 heteroatoms. The Kier molecular flexibility index (Phi) is 8.21. The Morgan fingerprint density at radius 2 is 1.88 bits per heavy atom. The summed E-state index contributed by atoms with van der Waals surface area (Å²) in [5, 5.41) is 3.20. The highest BCUT2D eigenvalue weighted by atomic mass is 16.6. The second kappa shape index (κ2) is 8.53. The fourth-order valence-electron chi connectivity index (χ4n) is 1.20. The summed E-state index contributed by atoms with van der Waals surface area (Å²) in [5.41, 5.74) is -0.379.